The summed E-state index contributed by atoms with van der Waals surface area (Å²) in [6.07, 6.45) is 7.40. The van der Waals surface area contributed by atoms with Crippen LogP contribution in [-0.2, 0) is 4.79 Å². The Balaban J connectivity index is 1.36. The van der Waals surface area contributed by atoms with Gasteiger partial charge in [0.15, 0.2) is 0 Å². The molecule has 1 amide bonds. The maximum atomic E-state index is 12.2. The molecule has 0 bridgehead atoms. The highest BCUT2D eigenvalue weighted by molar-refractivity contribution is 5.76. The van der Waals surface area contributed by atoms with Gasteiger partial charge >= 0.3 is 0 Å². The first-order valence-electron chi connectivity index (χ1n) is 8.05. The Hall–Kier alpha value is -0.610. The molecule has 1 aliphatic carbocycles. The topological polar surface area (TPSA) is 35.6 Å². The number of hydrogen-bond acceptors (Lipinski definition) is 3. The normalized spacial score (nSPS) is 26.6. The maximum absolute atomic E-state index is 12.2. The minimum absolute atomic E-state index is 0.401. The first-order chi connectivity index (χ1) is 9.33. The van der Waals surface area contributed by atoms with Crippen LogP contribution in [-0.4, -0.2) is 61.0 Å². The van der Waals surface area contributed by atoms with Crippen molar-refractivity contribution >= 4 is 5.91 Å². The van der Waals surface area contributed by atoms with E-state index >= 15 is 0 Å². The number of rotatable bonds is 4. The van der Waals surface area contributed by atoms with Gasteiger partial charge in [-0.1, -0.05) is 25.7 Å². The van der Waals surface area contributed by atoms with Gasteiger partial charge in [-0.2, -0.15) is 0 Å². The molecule has 0 radical (unpaired) electrons. The molecule has 108 valence electrons. The maximum Gasteiger partial charge on any atom is 0.222 e. The molecule has 0 aromatic heterocycles. The summed E-state index contributed by atoms with van der Waals surface area (Å²) >= 11 is 0. The molecule has 4 heteroatoms. The van der Waals surface area contributed by atoms with E-state index in [1.165, 1.54) is 25.7 Å². The van der Waals surface area contributed by atoms with Crippen molar-refractivity contribution in [1.82, 2.24) is 15.1 Å². The quantitative estimate of drug-likeness (QED) is 0.826. The molecule has 3 rings (SSSR count). The van der Waals surface area contributed by atoms with E-state index in [1.54, 1.807) is 0 Å². The van der Waals surface area contributed by atoms with Crippen molar-refractivity contribution < 1.29 is 4.79 Å². The number of hydrogen-bond donors (Lipinski definition) is 1. The van der Waals surface area contributed by atoms with E-state index in [9.17, 15) is 4.79 Å². The first-order valence-corrected chi connectivity index (χ1v) is 8.05. The predicted molar refractivity (Wildman–Crippen MR) is 76.0 cm³/mol. The van der Waals surface area contributed by atoms with Crippen LogP contribution in [0.25, 0.3) is 0 Å². The van der Waals surface area contributed by atoms with Crippen molar-refractivity contribution in [2.45, 2.75) is 44.6 Å². The van der Waals surface area contributed by atoms with Gasteiger partial charge in [-0.25, -0.2) is 0 Å². The standard InChI is InChI=1S/C15H27N3O/c19-15(6-5-13-3-1-2-4-13)18-9-7-17(8-10-18)14-11-16-12-14/h13-14,16H,1-12H2. The van der Waals surface area contributed by atoms with Crippen LogP contribution in [0.2, 0.25) is 0 Å². The van der Waals surface area contributed by atoms with E-state index in [1.807, 2.05) is 0 Å². The van der Waals surface area contributed by atoms with Crippen molar-refractivity contribution in [3.63, 3.8) is 0 Å². The molecule has 2 aliphatic heterocycles. The van der Waals surface area contributed by atoms with Gasteiger partial charge in [-0.15, -0.1) is 0 Å². The van der Waals surface area contributed by atoms with E-state index in [-0.39, 0.29) is 0 Å². The number of nitrogens with one attached hydrogen (secondary N) is 1. The summed E-state index contributed by atoms with van der Waals surface area (Å²) in [7, 11) is 0. The fourth-order valence-corrected chi connectivity index (χ4v) is 3.65. The molecule has 19 heavy (non-hydrogen) atoms. The number of carbonyl (C=O) groups excluding carboxylic acids is 1. The highest BCUT2D eigenvalue weighted by Gasteiger charge is 2.29. The Morgan fingerprint density at radius 2 is 1.74 bits per heavy atom. The lowest BCUT2D eigenvalue weighted by Gasteiger charge is -2.43. The summed E-state index contributed by atoms with van der Waals surface area (Å²) in [5.41, 5.74) is 0. The molecule has 0 aromatic carbocycles. The minimum atomic E-state index is 0.401. The second-order valence-electron chi connectivity index (χ2n) is 6.42. The summed E-state index contributed by atoms with van der Waals surface area (Å²) in [5.74, 6) is 1.24. The zero-order valence-corrected chi connectivity index (χ0v) is 11.9. The number of carbonyl (C=O) groups is 1. The average molecular weight is 265 g/mol. The summed E-state index contributed by atoms with van der Waals surface area (Å²) in [4.78, 5) is 16.8. The van der Waals surface area contributed by atoms with Crippen LogP contribution >= 0.6 is 0 Å². The molecule has 0 atom stereocenters. The van der Waals surface area contributed by atoms with Gasteiger partial charge in [0.25, 0.3) is 0 Å². The molecule has 0 unspecified atom stereocenters. The number of nitrogens with zero attached hydrogens (tertiary/aromatic N) is 2. The molecule has 3 aliphatic rings. The van der Waals surface area contributed by atoms with E-state index in [0.717, 1.165) is 64.1 Å². The van der Waals surface area contributed by atoms with Crippen molar-refractivity contribution in [3.05, 3.63) is 0 Å². The van der Waals surface area contributed by atoms with Gasteiger partial charge < -0.3 is 10.2 Å². The van der Waals surface area contributed by atoms with Gasteiger partial charge in [0.05, 0.1) is 0 Å². The average Bonchev–Trinajstić information content (AvgIpc) is 2.88. The summed E-state index contributed by atoms with van der Waals surface area (Å²) in [5, 5.41) is 3.32. The van der Waals surface area contributed by atoms with E-state index in [0.29, 0.717) is 5.91 Å². The molecular formula is C15H27N3O. The molecule has 1 saturated carbocycles. The van der Waals surface area contributed by atoms with Crippen LogP contribution in [0.5, 0.6) is 0 Å². The summed E-state index contributed by atoms with van der Waals surface area (Å²) in [6, 6.07) is 0.732. The smallest absolute Gasteiger partial charge is 0.222 e. The Labute approximate surface area is 116 Å². The van der Waals surface area contributed by atoms with E-state index in [4.69, 9.17) is 0 Å². The molecule has 3 fully saturated rings. The van der Waals surface area contributed by atoms with Crippen LogP contribution in [0.1, 0.15) is 38.5 Å². The molecular weight excluding hydrogens is 238 g/mol. The number of piperazine rings is 1. The van der Waals surface area contributed by atoms with Crippen LogP contribution in [0.3, 0.4) is 0 Å². The van der Waals surface area contributed by atoms with E-state index < -0.39 is 0 Å². The first kappa shape index (κ1) is 13.4. The molecule has 0 aromatic rings. The lowest BCUT2D eigenvalue weighted by molar-refractivity contribution is -0.133. The van der Waals surface area contributed by atoms with Crippen LogP contribution < -0.4 is 5.32 Å². The largest absolute Gasteiger partial charge is 0.340 e. The van der Waals surface area contributed by atoms with E-state index in [2.05, 4.69) is 15.1 Å². The fraction of sp³-hybridized carbons (Fsp3) is 0.933. The van der Waals surface area contributed by atoms with Crippen LogP contribution in [0, 0.1) is 5.92 Å². The van der Waals surface area contributed by atoms with Gasteiger partial charge in [-0.05, 0) is 12.3 Å². The number of amides is 1. The summed E-state index contributed by atoms with van der Waals surface area (Å²) in [6.45, 7) is 6.30. The molecule has 2 saturated heterocycles. The van der Waals surface area contributed by atoms with Gasteiger partial charge in [0.2, 0.25) is 5.91 Å². The Morgan fingerprint density at radius 3 is 2.32 bits per heavy atom. The van der Waals surface area contributed by atoms with Crippen molar-refractivity contribution in [2.24, 2.45) is 5.92 Å². The third-order valence-corrected chi connectivity index (χ3v) is 5.18. The Morgan fingerprint density at radius 1 is 1.05 bits per heavy atom. The minimum Gasteiger partial charge on any atom is -0.340 e. The summed E-state index contributed by atoms with van der Waals surface area (Å²) < 4.78 is 0. The van der Waals surface area contributed by atoms with Gasteiger partial charge in [0.1, 0.15) is 0 Å². The molecule has 1 N–H and O–H groups in total. The fourth-order valence-electron chi connectivity index (χ4n) is 3.65. The SMILES string of the molecule is O=C(CCC1CCCC1)N1CCN(C2CNC2)CC1. The third-order valence-electron chi connectivity index (χ3n) is 5.18. The lowest BCUT2D eigenvalue weighted by atomic mass is 10.0. The van der Waals surface area contributed by atoms with Crippen LogP contribution in [0.15, 0.2) is 0 Å². The van der Waals surface area contributed by atoms with Crippen molar-refractivity contribution in [3.8, 4) is 0 Å². The Bertz CT molecular complexity index is 303. The van der Waals surface area contributed by atoms with Crippen LogP contribution in [0.4, 0.5) is 0 Å². The molecule has 2 heterocycles. The highest BCUT2D eigenvalue weighted by Crippen LogP contribution is 2.28. The van der Waals surface area contributed by atoms with Crippen molar-refractivity contribution in [1.29, 1.82) is 0 Å². The van der Waals surface area contributed by atoms with Gasteiger partial charge in [-0.3, -0.25) is 9.69 Å². The molecule has 0 spiro atoms. The predicted octanol–water partition coefficient (Wildman–Crippen LogP) is 1.07. The lowest BCUT2D eigenvalue weighted by Crippen LogP contribution is -2.62. The Kier molecular flexibility index (Phi) is 4.38. The molecule has 4 nitrogen and oxygen atoms in total. The zero-order valence-electron chi connectivity index (χ0n) is 11.9. The monoisotopic (exact) mass is 265 g/mol. The zero-order chi connectivity index (χ0) is 13.1. The highest BCUT2D eigenvalue weighted by atomic mass is 16.2. The van der Waals surface area contributed by atoms with Gasteiger partial charge in [0, 0.05) is 51.7 Å². The third kappa shape index (κ3) is 3.29. The second kappa shape index (κ2) is 6.23. The second-order valence-corrected chi connectivity index (χ2v) is 6.42. The van der Waals surface area contributed by atoms with Crippen molar-refractivity contribution in [2.75, 3.05) is 39.3 Å².